The predicted octanol–water partition coefficient (Wildman–Crippen LogP) is 0.633. The molecule has 0 aliphatic rings. The van der Waals surface area contributed by atoms with E-state index >= 15 is 0 Å². The number of carbonyl (C=O) groups excluding carboxylic acids is 2. The Balaban J connectivity index is 2.52. The highest BCUT2D eigenvalue weighted by molar-refractivity contribution is 6.00. The van der Waals surface area contributed by atoms with E-state index < -0.39 is 11.7 Å². The van der Waals surface area contributed by atoms with Crippen LogP contribution in [-0.4, -0.2) is 50.6 Å². The van der Waals surface area contributed by atoms with E-state index in [4.69, 9.17) is 10.5 Å². The van der Waals surface area contributed by atoms with Crippen LogP contribution in [0, 0.1) is 5.82 Å². The summed E-state index contributed by atoms with van der Waals surface area (Å²) in [6.07, 6.45) is 0.699. The summed E-state index contributed by atoms with van der Waals surface area (Å²) in [5.41, 5.74) is 5.82. The quantitative estimate of drug-likeness (QED) is 0.571. The van der Waals surface area contributed by atoms with E-state index in [1.807, 2.05) is 0 Å². The van der Waals surface area contributed by atoms with E-state index in [1.54, 1.807) is 7.11 Å². The van der Waals surface area contributed by atoms with Crippen molar-refractivity contribution in [1.82, 2.24) is 10.2 Å². The van der Waals surface area contributed by atoms with Gasteiger partial charge >= 0.3 is 0 Å². The molecule has 0 aromatic heterocycles. The topological polar surface area (TPSA) is 84.7 Å². The largest absolute Gasteiger partial charge is 0.398 e. The van der Waals surface area contributed by atoms with Crippen molar-refractivity contribution < 1.29 is 18.7 Å². The summed E-state index contributed by atoms with van der Waals surface area (Å²) in [7, 11) is 3.07. The molecule has 7 heteroatoms. The minimum atomic E-state index is -0.511. The lowest BCUT2D eigenvalue weighted by Gasteiger charge is -2.17. The fraction of sp³-hybridized carbons (Fsp3) is 0.429. The number of anilines is 1. The summed E-state index contributed by atoms with van der Waals surface area (Å²) in [5.74, 6) is -1.22. The molecule has 0 heterocycles. The van der Waals surface area contributed by atoms with Gasteiger partial charge in [0.15, 0.2) is 0 Å². The Kier molecular flexibility index (Phi) is 6.61. The first-order valence-corrected chi connectivity index (χ1v) is 6.52. The van der Waals surface area contributed by atoms with Crippen molar-refractivity contribution in [3.05, 3.63) is 29.6 Å². The van der Waals surface area contributed by atoms with E-state index in [9.17, 15) is 14.0 Å². The van der Waals surface area contributed by atoms with Gasteiger partial charge in [-0.3, -0.25) is 9.59 Å². The van der Waals surface area contributed by atoms with Gasteiger partial charge in [-0.2, -0.15) is 0 Å². The van der Waals surface area contributed by atoms with E-state index in [0.717, 1.165) is 12.1 Å². The zero-order valence-electron chi connectivity index (χ0n) is 12.2. The summed E-state index contributed by atoms with van der Waals surface area (Å²) in [6, 6.07) is 3.54. The molecule has 0 saturated heterocycles. The monoisotopic (exact) mass is 297 g/mol. The molecule has 21 heavy (non-hydrogen) atoms. The van der Waals surface area contributed by atoms with Gasteiger partial charge in [0.1, 0.15) is 5.82 Å². The average molecular weight is 297 g/mol. The summed E-state index contributed by atoms with van der Waals surface area (Å²) in [6.45, 7) is 0.942. The normalized spacial score (nSPS) is 10.2. The van der Waals surface area contributed by atoms with Crippen molar-refractivity contribution in [3.8, 4) is 0 Å². The van der Waals surface area contributed by atoms with Crippen molar-refractivity contribution in [2.75, 3.05) is 39.6 Å². The molecule has 0 spiro atoms. The first-order chi connectivity index (χ1) is 9.95. The van der Waals surface area contributed by atoms with Crippen molar-refractivity contribution in [1.29, 1.82) is 0 Å². The third-order valence-corrected chi connectivity index (χ3v) is 2.82. The molecule has 0 bridgehead atoms. The number of ether oxygens (including phenoxy) is 1. The van der Waals surface area contributed by atoms with Crippen LogP contribution >= 0.6 is 0 Å². The highest BCUT2D eigenvalue weighted by Crippen LogP contribution is 2.15. The molecule has 0 radical (unpaired) electrons. The maximum atomic E-state index is 12.9. The maximum Gasteiger partial charge on any atom is 0.256 e. The van der Waals surface area contributed by atoms with Crippen molar-refractivity contribution in [2.24, 2.45) is 0 Å². The Bertz CT molecular complexity index is 508. The van der Waals surface area contributed by atoms with Crippen LogP contribution in [0.4, 0.5) is 10.1 Å². The second kappa shape index (κ2) is 8.21. The number of amides is 2. The molecule has 1 aromatic rings. The molecule has 0 unspecified atom stereocenters. The van der Waals surface area contributed by atoms with Gasteiger partial charge in [-0.1, -0.05) is 0 Å². The number of nitrogen functional groups attached to an aromatic ring is 1. The number of hydrogen-bond donors (Lipinski definition) is 2. The van der Waals surface area contributed by atoms with Crippen LogP contribution < -0.4 is 11.1 Å². The Hall–Kier alpha value is -2.15. The van der Waals surface area contributed by atoms with Crippen LogP contribution in [0.15, 0.2) is 18.2 Å². The number of benzene rings is 1. The van der Waals surface area contributed by atoms with Gasteiger partial charge < -0.3 is 20.7 Å². The zero-order chi connectivity index (χ0) is 15.8. The Morgan fingerprint density at radius 1 is 1.43 bits per heavy atom. The first-order valence-electron chi connectivity index (χ1n) is 6.52. The highest BCUT2D eigenvalue weighted by Gasteiger charge is 2.17. The molecule has 0 saturated carbocycles. The number of carbonyl (C=O) groups is 2. The Morgan fingerprint density at radius 2 is 2.14 bits per heavy atom. The summed E-state index contributed by atoms with van der Waals surface area (Å²) < 4.78 is 17.8. The van der Waals surface area contributed by atoms with Gasteiger partial charge in [-0.05, 0) is 24.6 Å². The zero-order valence-corrected chi connectivity index (χ0v) is 12.2. The van der Waals surface area contributed by atoms with Gasteiger partial charge in [0.2, 0.25) is 5.91 Å². The molecule has 116 valence electrons. The third kappa shape index (κ3) is 5.39. The molecule has 1 rings (SSSR count). The second-order valence-corrected chi connectivity index (χ2v) is 4.59. The number of hydrogen-bond acceptors (Lipinski definition) is 4. The standard InChI is InChI=1S/C14H20FN3O3/c1-18(9-13(19)17-6-3-7-21-2)14(20)11-5-4-10(15)8-12(11)16/h4-5,8H,3,6-7,9,16H2,1-2H3,(H,17,19). The minimum Gasteiger partial charge on any atom is -0.398 e. The first kappa shape index (κ1) is 16.9. The van der Waals surface area contributed by atoms with Crippen LogP contribution in [0.3, 0.4) is 0 Å². The van der Waals surface area contributed by atoms with Crippen LogP contribution in [0.2, 0.25) is 0 Å². The van der Waals surface area contributed by atoms with Crippen LogP contribution in [0.25, 0.3) is 0 Å². The summed E-state index contributed by atoms with van der Waals surface area (Å²) >= 11 is 0. The van der Waals surface area contributed by atoms with Crippen molar-refractivity contribution in [3.63, 3.8) is 0 Å². The molecule has 2 amide bonds. The lowest BCUT2D eigenvalue weighted by atomic mass is 10.1. The highest BCUT2D eigenvalue weighted by atomic mass is 19.1. The SMILES string of the molecule is COCCCNC(=O)CN(C)C(=O)c1ccc(F)cc1N. The fourth-order valence-corrected chi connectivity index (χ4v) is 1.72. The van der Waals surface area contributed by atoms with Crippen molar-refractivity contribution in [2.45, 2.75) is 6.42 Å². The van der Waals surface area contributed by atoms with Crippen LogP contribution in [0.5, 0.6) is 0 Å². The maximum absolute atomic E-state index is 12.9. The molecule has 0 aliphatic carbocycles. The fourth-order valence-electron chi connectivity index (χ4n) is 1.72. The van der Waals surface area contributed by atoms with E-state index in [-0.39, 0.29) is 23.7 Å². The summed E-state index contributed by atoms with van der Waals surface area (Å²) in [4.78, 5) is 25.0. The summed E-state index contributed by atoms with van der Waals surface area (Å²) in [5, 5.41) is 2.67. The van der Waals surface area contributed by atoms with Gasteiger partial charge in [-0.25, -0.2) is 4.39 Å². The number of nitrogens with zero attached hydrogens (tertiary/aromatic N) is 1. The van der Waals surface area contributed by atoms with Crippen molar-refractivity contribution >= 4 is 17.5 Å². The Morgan fingerprint density at radius 3 is 2.76 bits per heavy atom. The number of methoxy groups -OCH3 is 1. The van der Waals surface area contributed by atoms with Gasteiger partial charge in [0, 0.05) is 33.0 Å². The van der Waals surface area contributed by atoms with E-state index in [1.165, 1.54) is 18.0 Å². The molecule has 0 atom stereocenters. The Labute approximate surface area is 123 Å². The van der Waals surface area contributed by atoms with Gasteiger partial charge in [-0.15, -0.1) is 0 Å². The number of nitrogens with one attached hydrogen (secondary N) is 1. The number of rotatable bonds is 7. The lowest BCUT2D eigenvalue weighted by molar-refractivity contribution is -0.121. The smallest absolute Gasteiger partial charge is 0.256 e. The van der Waals surface area contributed by atoms with E-state index in [0.29, 0.717) is 19.6 Å². The average Bonchev–Trinajstić information content (AvgIpc) is 2.43. The van der Waals surface area contributed by atoms with Crippen LogP contribution in [-0.2, 0) is 9.53 Å². The molecular formula is C14H20FN3O3. The molecule has 3 N–H and O–H groups in total. The second-order valence-electron chi connectivity index (χ2n) is 4.59. The minimum absolute atomic E-state index is 0.0485. The number of likely N-dealkylation sites (N-methyl/N-ethyl adjacent to an activating group) is 1. The number of nitrogens with two attached hydrogens (primary N) is 1. The predicted molar refractivity (Wildman–Crippen MR) is 77.3 cm³/mol. The van der Waals surface area contributed by atoms with E-state index in [2.05, 4.69) is 5.32 Å². The molecule has 1 aromatic carbocycles. The molecular weight excluding hydrogens is 277 g/mol. The molecule has 0 aliphatic heterocycles. The lowest BCUT2D eigenvalue weighted by Crippen LogP contribution is -2.39. The third-order valence-electron chi connectivity index (χ3n) is 2.82. The number of halogens is 1. The molecule has 0 fully saturated rings. The van der Waals surface area contributed by atoms with Gasteiger partial charge in [0.05, 0.1) is 12.1 Å². The van der Waals surface area contributed by atoms with Crippen LogP contribution in [0.1, 0.15) is 16.8 Å². The molecule has 6 nitrogen and oxygen atoms in total. The van der Waals surface area contributed by atoms with Gasteiger partial charge in [0.25, 0.3) is 5.91 Å².